The van der Waals surface area contributed by atoms with Crippen LogP contribution in [0.15, 0.2) is 54.6 Å². The second kappa shape index (κ2) is 15.4. The Morgan fingerprint density at radius 3 is 2.66 bits per heavy atom. The molecule has 5 aromatic rings. The highest BCUT2D eigenvalue weighted by Crippen LogP contribution is 2.36. The number of benzene rings is 3. The number of anilines is 2. The fourth-order valence-electron chi connectivity index (χ4n) is 5.93. The summed E-state index contributed by atoms with van der Waals surface area (Å²) in [5.41, 5.74) is 5.25. The number of aromatic nitrogens is 2. The molecule has 50 heavy (non-hydrogen) atoms. The maximum Gasteiger partial charge on any atom is 0.355 e. The van der Waals surface area contributed by atoms with Gasteiger partial charge >= 0.3 is 5.97 Å². The number of halogens is 1. The number of rotatable bonds is 11. The lowest BCUT2D eigenvalue weighted by molar-refractivity contribution is 0.0690. The van der Waals surface area contributed by atoms with Crippen LogP contribution in [0, 0.1) is 17.7 Å². The number of carbonyl (C=O) groups excluding carboxylic acids is 1. The monoisotopic (exact) mass is 711 g/mol. The molecule has 3 aromatic carbocycles. The Hall–Kier alpha value is -4.83. The number of hydrogen-bond acceptors (Lipinski definition) is 9. The first-order valence-corrected chi connectivity index (χ1v) is 18.1. The van der Waals surface area contributed by atoms with E-state index < -0.39 is 11.8 Å². The van der Waals surface area contributed by atoms with Crippen molar-refractivity contribution in [2.45, 2.75) is 45.6 Å². The lowest BCUT2D eigenvalue weighted by Crippen LogP contribution is -2.33. The van der Waals surface area contributed by atoms with Crippen LogP contribution in [0.25, 0.3) is 10.2 Å². The summed E-state index contributed by atoms with van der Waals surface area (Å²) in [7, 11) is 3.83. The van der Waals surface area contributed by atoms with Crippen LogP contribution in [0.1, 0.15) is 74.2 Å². The third-order valence-electron chi connectivity index (χ3n) is 8.35. The van der Waals surface area contributed by atoms with Gasteiger partial charge < -0.3 is 14.7 Å². The zero-order valence-corrected chi connectivity index (χ0v) is 30.0. The summed E-state index contributed by atoms with van der Waals surface area (Å²) in [6.07, 6.45) is 1.58. The second-order valence-corrected chi connectivity index (χ2v) is 14.7. The Morgan fingerprint density at radius 1 is 1.10 bits per heavy atom. The van der Waals surface area contributed by atoms with E-state index >= 15 is 0 Å². The predicted molar refractivity (Wildman–Crippen MR) is 198 cm³/mol. The molecular weight excluding hydrogens is 674 g/mol. The first kappa shape index (κ1) is 35.0. The molecule has 3 heterocycles. The van der Waals surface area contributed by atoms with Crippen molar-refractivity contribution < 1.29 is 23.8 Å². The molecule has 258 valence electrons. The Labute approximate surface area is 298 Å². The molecule has 0 atom stereocenters. The van der Waals surface area contributed by atoms with Crippen molar-refractivity contribution >= 4 is 55.0 Å². The van der Waals surface area contributed by atoms with Gasteiger partial charge in [0.2, 0.25) is 0 Å². The second-order valence-electron chi connectivity index (χ2n) is 12.6. The minimum absolute atomic E-state index is 0.00682. The van der Waals surface area contributed by atoms with Gasteiger partial charge in [-0.1, -0.05) is 55.2 Å². The number of carboxylic acid groups (broad SMARTS) is 1. The maximum absolute atomic E-state index is 14.6. The third kappa shape index (κ3) is 7.97. The first-order valence-electron chi connectivity index (χ1n) is 16.4. The highest BCUT2D eigenvalue weighted by atomic mass is 32.1. The van der Waals surface area contributed by atoms with Gasteiger partial charge in [-0.15, -0.1) is 11.3 Å². The standard InChI is InChI=1S/C38H38FN5O4S2/c1-23(2)25-14-15-27(35(45)42-37-40-30-10-5-6-11-32(30)49-37)28-22-44(19-17-26(25)28)38-41-34(36(46)47)33(50-38)12-8-20-48-31-16-13-24(21-29(31)39)9-7-18-43(3)4/h5-6,10-11,13-16,21,23H,8,12,17-20,22H2,1-4H3,(H,46,47)(H,40,42,45). The van der Waals surface area contributed by atoms with Crippen LogP contribution in [-0.2, 0) is 19.4 Å². The van der Waals surface area contributed by atoms with Gasteiger partial charge in [0, 0.05) is 29.1 Å². The summed E-state index contributed by atoms with van der Waals surface area (Å²) in [6.45, 7) is 6.12. The largest absolute Gasteiger partial charge is 0.491 e. The number of thiazole rings is 2. The molecule has 0 fully saturated rings. The summed E-state index contributed by atoms with van der Waals surface area (Å²) >= 11 is 2.77. The van der Waals surface area contributed by atoms with Crippen molar-refractivity contribution in [3.8, 4) is 17.6 Å². The molecule has 1 aliphatic heterocycles. The van der Waals surface area contributed by atoms with Crippen LogP contribution in [0.4, 0.5) is 14.7 Å². The molecule has 1 aliphatic rings. The molecule has 0 spiro atoms. The van der Waals surface area contributed by atoms with Gasteiger partial charge in [0.25, 0.3) is 5.91 Å². The van der Waals surface area contributed by atoms with E-state index in [0.717, 1.165) is 21.3 Å². The van der Waals surface area contributed by atoms with Crippen molar-refractivity contribution in [1.29, 1.82) is 0 Å². The van der Waals surface area contributed by atoms with E-state index in [0.29, 0.717) is 65.2 Å². The topological polar surface area (TPSA) is 108 Å². The number of para-hydroxylation sites is 1. The maximum atomic E-state index is 14.6. The van der Waals surface area contributed by atoms with E-state index in [9.17, 15) is 19.1 Å². The molecule has 2 aromatic heterocycles. The van der Waals surface area contributed by atoms with Crippen LogP contribution in [0.5, 0.6) is 5.75 Å². The molecule has 0 saturated carbocycles. The number of aryl methyl sites for hydroxylation is 1. The SMILES string of the molecule is CC(C)c1ccc(C(=O)Nc2nc3ccccc3s2)c2c1CCN(c1nc(C(=O)O)c(CCCOc3ccc(C#CCN(C)C)cc3F)s1)C2. The van der Waals surface area contributed by atoms with Gasteiger partial charge in [0.1, 0.15) is 0 Å². The molecule has 12 heteroatoms. The van der Waals surface area contributed by atoms with Crippen molar-refractivity contribution in [1.82, 2.24) is 14.9 Å². The van der Waals surface area contributed by atoms with Crippen LogP contribution in [-0.4, -0.2) is 65.6 Å². The van der Waals surface area contributed by atoms with E-state index in [4.69, 9.17) is 4.74 Å². The summed E-state index contributed by atoms with van der Waals surface area (Å²) in [5.74, 6) is 4.50. The Kier molecular flexibility index (Phi) is 10.8. The van der Waals surface area contributed by atoms with Crippen molar-refractivity contribution in [2.24, 2.45) is 0 Å². The van der Waals surface area contributed by atoms with Gasteiger partial charge in [0.05, 0.1) is 23.4 Å². The summed E-state index contributed by atoms with van der Waals surface area (Å²) < 4.78 is 21.3. The fraction of sp³-hybridized carbons (Fsp3) is 0.316. The molecular formula is C38H38FN5O4S2. The number of carboxylic acids is 1. The molecule has 0 aliphatic carbocycles. The number of nitrogens with zero attached hydrogens (tertiary/aromatic N) is 4. The van der Waals surface area contributed by atoms with Gasteiger partial charge in [-0.2, -0.15) is 0 Å². The van der Waals surface area contributed by atoms with E-state index in [1.54, 1.807) is 12.1 Å². The van der Waals surface area contributed by atoms with Crippen molar-refractivity contribution in [2.75, 3.05) is 44.0 Å². The zero-order valence-electron chi connectivity index (χ0n) is 28.4. The molecule has 0 bridgehead atoms. The predicted octanol–water partition coefficient (Wildman–Crippen LogP) is 7.45. The minimum atomic E-state index is -1.10. The van der Waals surface area contributed by atoms with E-state index in [-0.39, 0.29) is 29.9 Å². The van der Waals surface area contributed by atoms with Crippen LogP contribution in [0.3, 0.4) is 0 Å². The number of fused-ring (bicyclic) bond motifs is 2. The van der Waals surface area contributed by atoms with Gasteiger partial charge in [0.15, 0.2) is 27.5 Å². The van der Waals surface area contributed by atoms with E-state index in [2.05, 4.69) is 45.9 Å². The smallest absolute Gasteiger partial charge is 0.355 e. The summed E-state index contributed by atoms with van der Waals surface area (Å²) in [4.78, 5) is 39.7. The number of amides is 1. The Morgan fingerprint density at radius 2 is 1.92 bits per heavy atom. The minimum Gasteiger partial charge on any atom is -0.491 e. The van der Waals surface area contributed by atoms with Gasteiger partial charge in [-0.25, -0.2) is 19.2 Å². The van der Waals surface area contributed by atoms with Crippen molar-refractivity contribution in [3.05, 3.63) is 98.8 Å². The number of ether oxygens (including phenoxy) is 1. The molecule has 0 unspecified atom stereocenters. The quantitative estimate of drug-likeness (QED) is 0.108. The van der Waals surface area contributed by atoms with E-state index in [1.165, 1.54) is 34.3 Å². The van der Waals surface area contributed by atoms with Crippen molar-refractivity contribution in [3.63, 3.8) is 0 Å². The molecule has 0 radical (unpaired) electrons. The molecule has 0 saturated heterocycles. The fourth-order valence-corrected chi connectivity index (χ4v) is 7.91. The molecule has 2 N–H and O–H groups in total. The molecule has 9 nitrogen and oxygen atoms in total. The lowest BCUT2D eigenvalue weighted by Gasteiger charge is -2.32. The highest BCUT2D eigenvalue weighted by Gasteiger charge is 2.29. The average molecular weight is 712 g/mol. The first-order chi connectivity index (χ1) is 24.1. The van der Waals surface area contributed by atoms with Gasteiger partial charge in [-0.05, 0) is 92.4 Å². The summed E-state index contributed by atoms with van der Waals surface area (Å²) in [5, 5.41) is 14.1. The Balaban J connectivity index is 1.16. The third-order valence-corrected chi connectivity index (χ3v) is 10.5. The number of aromatic carboxylic acids is 1. The van der Waals surface area contributed by atoms with E-state index in [1.807, 2.05) is 55.4 Å². The summed E-state index contributed by atoms with van der Waals surface area (Å²) in [6, 6.07) is 16.3. The lowest BCUT2D eigenvalue weighted by atomic mass is 9.86. The average Bonchev–Trinajstić information content (AvgIpc) is 3.70. The molecule has 6 rings (SSSR count). The normalized spacial score (nSPS) is 12.6. The van der Waals surface area contributed by atoms with Crippen LogP contribution < -0.4 is 15.0 Å². The Bertz CT molecular complexity index is 2080. The zero-order chi connectivity index (χ0) is 35.4. The van der Waals surface area contributed by atoms with Crippen LogP contribution in [0.2, 0.25) is 0 Å². The number of hydrogen-bond donors (Lipinski definition) is 2. The van der Waals surface area contributed by atoms with Crippen LogP contribution >= 0.6 is 22.7 Å². The van der Waals surface area contributed by atoms with Gasteiger partial charge in [-0.3, -0.25) is 15.0 Å². The number of carbonyl (C=O) groups is 2. The number of nitrogens with one attached hydrogen (secondary N) is 1. The molecule has 1 amide bonds. The highest BCUT2D eigenvalue weighted by molar-refractivity contribution is 7.22.